The molecule has 1 amide bonds. The van der Waals surface area contributed by atoms with Gasteiger partial charge in [-0.15, -0.1) is 0 Å². The molecule has 1 atom stereocenters. The molecule has 36 heavy (non-hydrogen) atoms. The number of piperidine rings is 1. The minimum Gasteiger partial charge on any atom is -0.497 e. The number of likely N-dealkylation sites (tertiary alicyclic amines) is 1. The zero-order valence-electron chi connectivity index (χ0n) is 21.1. The van der Waals surface area contributed by atoms with Crippen molar-refractivity contribution in [2.45, 2.75) is 51.7 Å². The van der Waals surface area contributed by atoms with Gasteiger partial charge in [0.15, 0.2) is 0 Å². The number of carbonyl (C=O) groups excluding carboxylic acids is 1. The highest BCUT2D eigenvalue weighted by Gasteiger charge is 2.28. The fourth-order valence-corrected chi connectivity index (χ4v) is 5.54. The highest BCUT2D eigenvalue weighted by Crippen LogP contribution is 2.29. The summed E-state index contributed by atoms with van der Waals surface area (Å²) < 4.78 is 9.98. The Kier molecular flexibility index (Phi) is 6.43. The molecule has 1 fully saturated rings. The van der Waals surface area contributed by atoms with E-state index in [-0.39, 0.29) is 30.6 Å². The Hall–Kier alpha value is -3.81. The number of methoxy groups -OCH3 is 1. The van der Waals surface area contributed by atoms with Gasteiger partial charge in [-0.2, -0.15) is 0 Å². The van der Waals surface area contributed by atoms with Gasteiger partial charge in [0.25, 0.3) is 5.56 Å². The van der Waals surface area contributed by atoms with Gasteiger partial charge in [-0.1, -0.05) is 37.3 Å². The van der Waals surface area contributed by atoms with Gasteiger partial charge in [0.1, 0.15) is 17.8 Å². The predicted octanol–water partition coefficient (Wildman–Crippen LogP) is 3.50. The van der Waals surface area contributed by atoms with Crippen molar-refractivity contribution in [2.75, 3.05) is 13.7 Å². The second kappa shape index (κ2) is 9.68. The minimum atomic E-state index is -0.481. The zero-order chi connectivity index (χ0) is 25.4. The number of carbonyl (C=O) groups is 1. The molecule has 8 nitrogen and oxygen atoms in total. The molecule has 8 heteroatoms. The molecule has 5 rings (SSSR count). The Bertz CT molecular complexity index is 1550. The lowest BCUT2D eigenvalue weighted by Crippen LogP contribution is -2.47. The summed E-state index contributed by atoms with van der Waals surface area (Å²) in [5, 5.41) is 0.714. The molecule has 0 bridgehead atoms. The molecule has 3 heterocycles. The number of hydrogen-bond donors (Lipinski definition) is 0. The summed E-state index contributed by atoms with van der Waals surface area (Å²) in [5.41, 5.74) is 1.66. The van der Waals surface area contributed by atoms with Crippen molar-refractivity contribution in [1.82, 2.24) is 18.6 Å². The fraction of sp³-hybridized carbons (Fsp3) is 0.393. The topological polar surface area (TPSA) is 78.5 Å². The SMILES string of the molecule is CCC1CCCCN1C(=O)Cn1c(=O)n(Cc2ccccc2)c(=O)c2c1c1cc(OC)ccc1n2C. The molecule has 0 radical (unpaired) electrons. The van der Waals surface area contributed by atoms with E-state index in [0.717, 1.165) is 36.8 Å². The summed E-state index contributed by atoms with van der Waals surface area (Å²) in [7, 11) is 3.40. The molecular formula is C28H32N4O4. The molecule has 2 aromatic carbocycles. The van der Waals surface area contributed by atoms with Crippen molar-refractivity contribution in [2.24, 2.45) is 7.05 Å². The number of ether oxygens (including phenoxy) is 1. The van der Waals surface area contributed by atoms with Crippen LogP contribution in [0, 0.1) is 0 Å². The van der Waals surface area contributed by atoms with E-state index in [0.29, 0.717) is 28.7 Å². The molecule has 1 aliphatic rings. The van der Waals surface area contributed by atoms with E-state index >= 15 is 0 Å². The molecule has 0 aliphatic carbocycles. The quantitative estimate of drug-likeness (QED) is 0.416. The average molecular weight is 489 g/mol. The first-order valence-electron chi connectivity index (χ1n) is 12.6. The lowest BCUT2D eigenvalue weighted by Gasteiger charge is -2.35. The van der Waals surface area contributed by atoms with Gasteiger partial charge in [-0.25, -0.2) is 4.79 Å². The van der Waals surface area contributed by atoms with Crippen molar-refractivity contribution in [1.29, 1.82) is 0 Å². The maximum atomic E-state index is 13.9. The summed E-state index contributed by atoms with van der Waals surface area (Å²) in [5.74, 6) is 0.533. The van der Waals surface area contributed by atoms with Crippen LogP contribution in [0.5, 0.6) is 5.75 Å². The van der Waals surface area contributed by atoms with Crippen LogP contribution in [-0.4, -0.2) is 44.2 Å². The smallest absolute Gasteiger partial charge is 0.332 e. The molecule has 1 saturated heterocycles. The molecule has 0 N–H and O–H groups in total. The molecule has 1 aliphatic heterocycles. The highest BCUT2D eigenvalue weighted by atomic mass is 16.5. The second-order valence-electron chi connectivity index (χ2n) is 9.53. The third kappa shape index (κ3) is 4.00. The Morgan fingerprint density at radius 1 is 1.03 bits per heavy atom. The van der Waals surface area contributed by atoms with Crippen LogP contribution in [-0.2, 0) is 24.9 Å². The van der Waals surface area contributed by atoms with Gasteiger partial charge in [-0.3, -0.25) is 18.7 Å². The van der Waals surface area contributed by atoms with Crippen LogP contribution < -0.4 is 16.0 Å². The van der Waals surface area contributed by atoms with Crippen LogP contribution in [0.15, 0.2) is 58.1 Å². The van der Waals surface area contributed by atoms with Crippen LogP contribution in [0.2, 0.25) is 0 Å². The predicted molar refractivity (Wildman–Crippen MR) is 141 cm³/mol. The van der Waals surface area contributed by atoms with Gasteiger partial charge in [0.05, 0.1) is 24.7 Å². The number of amides is 1. The summed E-state index contributed by atoms with van der Waals surface area (Å²) in [6, 6.07) is 15.1. The first kappa shape index (κ1) is 23.9. The van der Waals surface area contributed by atoms with Gasteiger partial charge < -0.3 is 14.2 Å². The average Bonchev–Trinajstić information content (AvgIpc) is 3.20. The second-order valence-corrected chi connectivity index (χ2v) is 9.53. The summed E-state index contributed by atoms with van der Waals surface area (Å²) >= 11 is 0. The first-order chi connectivity index (χ1) is 17.4. The standard InChI is InChI=1S/C28H32N4O4/c1-4-20-12-8-9-15-30(20)24(33)18-31-25-22-16-21(36-3)13-14-23(22)29(2)26(25)27(34)32(28(31)35)17-19-10-6-5-7-11-19/h5-7,10-11,13-14,16,20H,4,8-9,12,15,17-18H2,1-3H3. The van der Waals surface area contributed by atoms with Crippen molar-refractivity contribution < 1.29 is 9.53 Å². The lowest BCUT2D eigenvalue weighted by molar-refractivity contribution is -0.135. The number of aryl methyl sites for hydroxylation is 1. The van der Waals surface area contributed by atoms with Crippen LogP contribution in [0.25, 0.3) is 21.9 Å². The summed E-state index contributed by atoms with van der Waals surface area (Å²) in [6.45, 7) is 2.81. The maximum absolute atomic E-state index is 13.9. The van der Waals surface area contributed by atoms with Crippen molar-refractivity contribution in [3.63, 3.8) is 0 Å². The van der Waals surface area contributed by atoms with Gasteiger partial charge in [0, 0.05) is 25.0 Å². The molecule has 1 unspecified atom stereocenters. The van der Waals surface area contributed by atoms with Crippen molar-refractivity contribution in [3.05, 3.63) is 74.9 Å². The number of benzene rings is 2. The third-order valence-electron chi connectivity index (χ3n) is 7.45. The first-order valence-corrected chi connectivity index (χ1v) is 12.6. The fourth-order valence-electron chi connectivity index (χ4n) is 5.54. The Morgan fingerprint density at radius 2 is 1.81 bits per heavy atom. The van der Waals surface area contributed by atoms with E-state index in [1.165, 1.54) is 9.13 Å². The summed E-state index contributed by atoms with van der Waals surface area (Å²) in [4.78, 5) is 43.2. The highest BCUT2D eigenvalue weighted by molar-refractivity contribution is 6.06. The largest absolute Gasteiger partial charge is 0.497 e. The number of nitrogens with zero attached hydrogens (tertiary/aromatic N) is 4. The molecule has 4 aromatic rings. The van der Waals surface area contributed by atoms with Crippen LogP contribution in [0.1, 0.15) is 38.2 Å². The Labute approximate surface area is 209 Å². The third-order valence-corrected chi connectivity index (χ3v) is 7.45. The van der Waals surface area contributed by atoms with Crippen LogP contribution in [0.4, 0.5) is 0 Å². The molecule has 188 valence electrons. The van der Waals surface area contributed by atoms with E-state index in [2.05, 4.69) is 6.92 Å². The zero-order valence-corrected chi connectivity index (χ0v) is 21.1. The maximum Gasteiger partial charge on any atom is 0.332 e. The molecule has 2 aromatic heterocycles. The van der Waals surface area contributed by atoms with Crippen LogP contribution in [0.3, 0.4) is 0 Å². The van der Waals surface area contributed by atoms with Gasteiger partial charge >= 0.3 is 5.69 Å². The Morgan fingerprint density at radius 3 is 2.53 bits per heavy atom. The van der Waals surface area contributed by atoms with Crippen LogP contribution >= 0.6 is 0 Å². The van der Waals surface area contributed by atoms with E-state index < -0.39 is 5.69 Å². The van der Waals surface area contributed by atoms with E-state index in [1.54, 1.807) is 7.11 Å². The normalized spacial score (nSPS) is 16.1. The monoisotopic (exact) mass is 488 g/mol. The van der Waals surface area contributed by atoms with Crippen molar-refractivity contribution in [3.8, 4) is 5.75 Å². The van der Waals surface area contributed by atoms with E-state index in [4.69, 9.17) is 4.74 Å². The van der Waals surface area contributed by atoms with E-state index in [9.17, 15) is 14.4 Å². The number of aromatic nitrogens is 3. The Balaban J connectivity index is 1.75. The van der Waals surface area contributed by atoms with Gasteiger partial charge in [-0.05, 0) is 49.4 Å². The minimum absolute atomic E-state index is 0.0882. The molecule has 0 spiro atoms. The van der Waals surface area contributed by atoms with E-state index in [1.807, 2.05) is 65.0 Å². The van der Waals surface area contributed by atoms with Crippen molar-refractivity contribution >= 4 is 27.8 Å². The number of hydrogen-bond acceptors (Lipinski definition) is 4. The number of fused-ring (bicyclic) bond motifs is 3. The lowest BCUT2D eigenvalue weighted by atomic mass is 10.00. The number of rotatable bonds is 6. The molecule has 0 saturated carbocycles. The molecular weight excluding hydrogens is 456 g/mol. The summed E-state index contributed by atoms with van der Waals surface area (Å²) in [6.07, 6.45) is 3.93. The van der Waals surface area contributed by atoms with Gasteiger partial charge in [0.2, 0.25) is 5.91 Å².